The van der Waals surface area contributed by atoms with Crippen LogP contribution in [0.5, 0.6) is 0 Å². The van der Waals surface area contributed by atoms with Crippen LogP contribution >= 0.6 is 15.6 Å². The Balaban J connectivity index is 2.38. The van der Waals surface area contributed by atoms with Gasteiger partial charge in [-0.05, 0) is 44.4 Å². The number of ether oxygens (including phenoxy) is 3. The summed E-state index contributed by atoms with van der Waals surface area (Å²) in [6.45, 7) is 3.89. The van der Waals surface area contributed by atoms with Crippen LogP contribution in [-0.2, 0) is 46.5 Å². The molecule has 3 unspecified atom stereocenters. The third kappa shape index (κ3) is 30.2. The summed E-state index contributed by atoms with van der Waals surface area (Å²) in [7, 11) is -9.66. The Morgan fingerprint density at radius 2 is 1.31 bits per heavy atom. The molecular weight excluding hydrogens is 718 g/mol. The number of unbranched alkanes of at least 4 members (excludes halogenated alkanes) is 12. The van der Waals surface area contributed by atoms with E-state index in [1.54, 1.807) is 0 Å². The fourth-order valence-corrected chi connectivity index (χ4v) is 6.58. The Hall–Kier alpha value is -1.18. The van der Waals surface area contributed by atoms with Gasteiger partial charge in [-0.2, -0.15) is 0 Å². The third-order valence-corrected chi connectivity index (χ3v) is 9.93. The van der Waals surface area contributed by atoms with Crippen LogP contribution in [0.2, 0.25) is 0 Å². The van der Waals surface area contributed by atoms with Crippen molar-refractivity contribution in [2.24, 2.45) is 5.92 Å². The van der Waals surface area contributed by atoms with E-state index in [9.17, 15) is 28.7 Å². The van der Waals surface area contributed by atoms with E-state index in [4.69, 9.17) is 28.5 Å². The predicted octanol–water partition coefficient (Wildman–Crippen LogP) is 7.85. The van der Waals surface area contributed by atoms with E-state index >= 15 is 0 Å². The molecule has 16 heteroatoms. The van der Waals surface area contributed by atoms with E-state index in [2.05, 4.69) is 42.0 Å². The average molecular weight is 787 g/mol. The van der Waals surface area contributed by atoms with E-state index < -0.39 is 66.2 Å². The molecule has 52 heavy (non-hydrogen) atoms. The molecule has 1 rings (SSSR count). The highest BCUT2D eigenvalue weighted by atomic mass is 31.2. The number of carbonyl (C=O) groups is 2. The first-order valence-corrected chi connectivity index (χ1v) is 22.4. The van der Waals surface area contributed by atoms with Gasteiger partial charge in [-0.3, -0.25) is 23.2 Å². The maximum Gasteiger partial charge on any atom is 0.472 e. The lowest BCUT2D eigenvalue weighted by atomic mass is 10.0. The number of carbonyl (C=O) groups excluding carboxylic acids is 2. The number of hydrogen-bond donors (Lipinski definition) is 4. The lowest BCUT2D eigenvalue weighted by molar-refractivity contribution is -0.161. The van der Waals surface area contributed by atoms with Crippen molar-refractivity contribution in [3.8, 4) is 0 Å². The lowest BCUT2D eigenvalue weighted by Gasteiger charge is -2.20. The monoisotopic (exact) mass is 786 g/mol. The summed E-state index contributed by atoms with van der Waals surface area (Å²) in [6.07, 6.45) is 21.3. The van der Waals surface area contributed by atoms with Crippen molar-refractivity contribution in [2.45, 2.75) is 174 Å². The molecule has 14 nitrogen and oxygen atoms in total. The third-order valence-electron chi connectivity index (χ3n) is 8.50. The van der Waals surface area contributed by atoms with Gasteiger partial charge in [0.15, 0.2) is 6.10 Å². The molecule has 1 aliphatic heterocycles. The second-order valence-electron chi connectivity index (χ2n) is 14.1. The molecule has 0 bridgehead atoms. The number of phosphoric acid groups is 2. The molecule has 1 aliphatic rings. The molecular formula is C36H68O14P2. The molecule has 4 N–H and O–H groups in total. The Labute approximate surface area is 311 Å². The molecule has 0 spiro atoms. The van der Waals surface area contributed by atoms with Gasteiger partial charge in [-0.15, -0.1) is 0 Å². The molecule has 0 saturated carbocycles. The first-order chi connectivity index (χ1) is 24.7. The largest absolute Gasteiger partial charge is 0.472 e. The van der Waals surface area contributed by atoms with Gasteiger partial charge in [0.05, 0.1) is 32.0 Å². The van der Waals surface area contributed by atoms with Crippen molar-refractivity contribution in [2.75, 3.05) is 26.4 Å². The summed E-state index contributed by atoms with van der Waals surface area (Å²) >= 11 is 0. The average Bonchev–Trinajstić information content (AvgIpc) is 3.83. The summed E-state index contributed by atoms with van der Waals surface area (Å²) in [5.74, 6) is -0.370. The highest BCUT2D eigenvalue weighted by Gasteiger charge is 2.36. The number of rotatable bonds is 35. The van der Waals surface area contributed by atoms with Crippen molar-refractivity contribution in [3.63, 3.8) is 0 Å². The van der Waals surface area contributed by atoms with Crippen molar-refractivity contribution < 1.29 is 66.3 Å². The smallest absolute Gasteiger partial charge is 0.462 e. The first-order valence-electron chi connectivity index (χ1n) is 19.4. The molecule has 0 radical (unpaired) electrons. The fraction of sp³-hybridized carbons (Fsp3) is 0.889. The van der Waals surface area contributed by atoms with E-state index in [1.807, 2.05) is 0 Å². The van der Waals surface area contributed by atoms with Crippen LogP contribution in [0.4, 0.5) is 0 Å². The number of allylic oxidation sites excluding steroid dienone is 1. The van der Waals surface area contributed by atoms with Crippen LogP contribution in [0.1, 0.15) is 149 Å². The molecule has 0 aromatic carbocycles. The van der Waals surface area contributed by atoms with Crippen LogP contribution in [0.25, 0.3) is 0 Å². The van der Waals surface area contributed by atoms with Gasteiger partial charge in [-0.1, -0.05) is 110 Å². The van der Waals surface area contributed by atoms with Crippen LogP contribution in [0.15, 0.2) is 12.2 Å². The van der Waals surface area contributed by atoms with Gasteiger partial charge < -0.3 is 34.0 Å². The molecule has 306 valence electrons. The van der Waals surface area contributed by atoms with Gasteiger partial charge in [0.2, 0.25) is 0 Å². The quantitative estimate of drug-likeness (QED) is 0.0159. The second kappa shape index (κ2) is 29.2. The van der Waals surface area contributed by atoms with E-state index in [-0.39, 0.29) is 12.8 Å². The van der Waals surface area contributed by atoms with Crippen molar-refractivity contribution in [1.82, 2.24) is 0 Å². The van der Waals surface area contributed by atoms with Gasteiger partial charge >= 0.3 is 27.6 Å². The van der Waals surface area contributed by atoms with Crippen LogP contribution in [0.3, 0.4) is 0 Å². The molecule has 0 aromatic rings. The molecule has 1 heterocycles. The number of phosphoric ester groups is 2. The minimum absolute atomic E-state index is 0.124. The zero-order valence-electron chi connectivity index (χ0n) is 31.8. The summed E-state index contributed by atoms with van der Waals surface area (Å²) < 4.78 is 53.3. The number of hydrogen-bond acceptors (Lipinski definition) is 11. The summed E-state index contributed by atoms with van der Waals surface area (Å²) in [4.78, 5) is 52.4. The highest BCUT2D eigenvalue weighted by Crippen LogP contribution is 2.44. The van der Waals surface area contributed by atoms with Crippen LogP contribution in [0, 0.1) is 5.92 Å². The highest BCUT2D eigenvalue weighted by molar-refractivity contribution is 7.47. The summed E-state index contributed by atoms with van der Waals surface area (Å²) in [5.41, 5.74) is 0. The number of epoxide rings is 1. The van der Waals surface area contributed by atoms with E-state index in [1.165, 1.54) is 32.1 Å². The zero-order valence-corrected chi connectivity index (χ0v) is 33.6. The topological polar surface area (TPSA) is 208 Å². The maximum atomic E-state index is 12.5. The Morgan fingerprint density at radius 3 is 1.96 bits per heavy atom. The van der Waals surface area contributed by atoms with Gasteiger partial charge in [0.1, 0.15) is 12.7 Å². The van der Waals surface area contributed by atoms with Gasteiger partial charge in [0.25, 0.3) is 0 Å². The standard InChI is InChI=1S/C36H68O14P2/c1-4-5-6-7-12-17-22-33-34(50-33)23-18-13-10-15-19-24-35(38)45-28-32(49-36(39)25-20-14-9-8-11-16-21-30(2)3)29-48-52(43,44)47-27-31(37)26-46-51(40,41)42/h12,17,30-34,37H,4-11,13-16,18-29H2,1-3H3,(H,43,44)(H2,40,41,42)/b17-12-/t31-,32+,33?,34?/m0/s1. The Bertz CT molecular complexity index is 1070. The van der Waals surface area contributed by atoms with Gasteiger partial charge in [0, 0.05) is 12.8 Å². The molecule has 0 aromatic heterocycles. The van der Waals surface area contributed by atoms with Crippen LogP contribution < -0.4 is 0 Å². The maximum absolute atomic E-state index is 12.5. The second-order valence-corrected chi connectivity index (χ2v) is 16.8. The molecule has 0 aliphatic carbocycles. The molecule has 1 fully saturated rings. The number of aliphatic hydroxyl groups excluding tert-OH is 1. The summed E-state index contributed by atoms with van der Waals surface area (Å²) in [6, 6.07) is 0. The molecule has 5 atom stereocenters. The van der Waals surface area contributed by atoms with E-state index in [0.29, 0.717) is 31.0 Å². The van der Waals surface area contributed by atoms with Crippen molar-refractivity contribution in [3.05, 3.63) is 12.2 Å². The normalized spacial score (nSPS) is 18.4. The predicted molar refractivity (Wildman–Crippen MR) is 197 cm³/mol. The number of aliphatic hydroxyl groups is 1. The molecule has 0 amide bonds. The zero-order chi connectivity index (χ0) is 38.7. The fourth-order valence-electron chi connectivity index (χ4n) is 5.42. The Morgan fingerprint density at radius 1 is 0.712 bits per heavy atom. The Kier molecular flexibility index (Phi) is 27.4. The number of esters is 2. The lowest BCUT2D eigenvalue weighted by Crippen LogP contribution is -2.30. The van der Waals surface area contributed by atoms with Crippen LogP contribution in [-0.4, -0.2) is 82.6 Å². The minimum Gasteiger partial charge on any atom is -0.462 e. The van der Waals surface area contributed by atoms with E-state index in [0.717, 1.165) is 70.6 Å². The van der Waals surface area contributed by atoms with Crippen molar-refractivity contribution in [1.29, 1.82) is 0 Å². The van der Waals surface area contributed by atoms with Crippen molar-refractivity contribution >= 4 is 27.6 Å². The summed E-state index contributed by atoms with van der Waals surface area (Å²) in [5, 5.41) is 9.70. The van der Waals surface area contributed by atoms with Gasteiger partial charge in [-0.25, -0.2) is 9.13 Å². The SMILES string of the molecule is CCCCC/C=C\CC1OC1CCCCCCCC(=O)OC[C@H](COP(=O)(O)OC[C@@H](O)COP(=O)(O)O)OC(=O)CCCCCCCCC(C)C. The first kappa shape index (κ1) is 48.8. The minimum atomic E-state index is -4.86. The molecule has 1 saturated heterocycles.